The summed E-state index contributed by atoms with van der Waals surface area (Å²) in [6, 6.07) is 29.1. The van der Waals surface area contributed by atoms with Crippen LogP contribution >= 0.6 is 11.3 Å². The highest BCUT2D eigenvalue weighted by Gasteiger charge is 2.25. The van der Waals surface area contributed by atoms with E-state index >= 15 is 0 Å². The number of hydrogen-bond acceptors (Lipinski definition) is 9. The Morgan fingerprint density at radius 3 is 2.24 bits per heavy atom. The van der Waals surface area contributed by atoms with Crippen molar-refractivity contribution in [2.75, 3.05) is 10.7 Å². The van der Waals surface area contributed by atoms with Gasteiger partial charge in [-0.15, -0.1) is 10.2 Å². The van der Waals surface area contributed by atoms with Crippen LogP contribution in [0.5, 0.6) is 0 Å². The predicted octanol–water partition coefficient (Wildman–Crippen LogP) is 5.95. The number of thiazole rings is 1. The van der Waals surface area contributed by atoms with Crippen molar-refractivity contribution in [2.24, 2.45) is 22.4 Å². The van der Waals surface area contributed by atoms with Gasteiger partial charge in [-0.25, -0.2) is 9.67 Å². The zero-order valence-electron chi connectivity index (χ0n) is 22.0. The van der Waals surface area contributed by atoms with Crippen LogP contribution in [0.2, 0.25) is 0 Å². The molecule has 0 saturated carbocycles. The quantitative estimate of drug-likeness (QED) is 0.137. The fourth-order valence-corrected chi connectivity index (χ4v) is 4.74. The number of para-hydroxylation sites is 2. The molecule has 3 aromatic carbocycles. The van der Waals surface area contributed by atoms with Crippen molar-refractivity contribution < 1.29 is 4.79 Å². The molecule has 0 saturated heterocycles. The second-order valence-electron chi connectivity index (χ2n) is 8.65. The molecule has 2 N–H and O–H groups in total. The van der Waals surface area contributed by atoms with Crippen LogP contribution < -0.4 is 16.3 Å². The van der Waals surface area contributed by atoms with Crippen molar-refractivity contribution in [3.63, 3.8) is 0 Å². The summed E-state index contributed by atoms with van der Waals surface area (Å²) in [4.78, 5) is 31.2. The number of carbonyl (C=O) groups is 1. The van der Waals surface area contributed by atoms with Gasteiger partial charge >= 0.3 is 0 Å². The second kappa shape index (κ2) is 12.0. The van der Waals surface area contributed by atoms with E-state index in [2.05, 4.69) is 31.1 Å². The average molecular weight is 562 g/mol. The number of nitrogens with one attached hydrogen (secondary N) is 2. The average Bonchev–Trinajstić information content (AvgIpc) is 3.49. The minimum absolute atomic E-state index is 0.128. The summed E-state index contributed by atoms with van der Waals surface area (Å²) in [5.41, 5.74) is 5.11. The number of anilines is 2. The van der Waals surface area contributed by atoms with E-state index in [1.807, 2.05) is 61.5 Å². The molecular formula is C29H23N9O2S. The van der Waals surface area contributed by atoms with Gasteiger partial charge < -0.3 is 0 Å². The largest absolute Gasteiger partial charge is 0.296 e. The molecule has 0 bridgehead atoms. The van der Waals surface area contributed by atoms with E-state index < -0.39 is 11.6 Å². The van der Waals surface area contributed by atoms with Crippen LogP contribution in [0.1, 0.15) is 5.69 Å². The van der Waals surface area contributed by atoms with E-state index in [1.54, 1.807) is 54.2 Å². The van der Waals surface area contributed by atoms with Crippen LogP contribution in [-0.4, -0.2) is 26.0 Å². The number of nitriles is 1. The number of azo groups is 1. The van der Waals surface area contributed by atoms with Crippen molar-refractivity contribution in [3.8, 4) is 23.0 Å². The maximum atomic E-state index is 13.7. The first-order valence-corrected chi connectivity index (χ1v) is 13.2. The topological polar surface area (TPSA) is 142 Å². The number of aromatic nitrogens is 3. The molecule has 5 rings (SSSR count). The minimum atomic E-state index is -0.769. The third-order valence-corrected chi connectivity index (χ3v) is 6.88. The van der Waals surface area contributed by atoms with E-state index in [4.69, 9.17) is 0 Å². The van der Waals surface area contributed by atoms with E-state index in [0.29, 0.717) is 33.3 Å². The van der Waals surface area contributed by atoms with E-state index in [-0.39, 0.29) is 16.4 Å². The molecule has 2 heterocycles. The molecule has 2 aromatic heterocycles. The lowest BCUT2D eigenvalue weighted by Gasteiger charge is -2.07. The van der Waals surface area contributed by atoms with Crippen molar-refractivity contribution in [3.05, 3.63) is 107 Å². The molecule has 202 valence electrons. The molecule has 0 aliphatic carbocycles. The number of benzene rings is 3. The number of carbonyl (C=O) groups excluding carboxylic acids is 1. The SMILES string of the molecule is Cc1c(-c2nc(NC(=O)/C(C#N)=N/Nc3ccccc3)sc2N=Nc2ccccc2)c(=O)n(-c2ccccc2)n1C. The molecule has 0 radical (unpaired) electrons. The Labute approximate surface area is 238 Å². The van der Waals surface area contributed by atoms with E-state index in [9.17, 15) is 14.9 Å². The molecule has 0 fully saturated rings. The minimum Gasteiger partial charge on any atom is -0.296 e. The lowest BCUT2D eigenvalue weighted by Crippen LogP contribution is -2.22. The number of nitrogens with zero attached hydrogens (tertiary/aromatic N) is 7. The van der Waals surface area contributed by atoms with Crippen LogP contribution in [0.3, 0.4) is 0 Å². The third-order valence-electron chi connectivity index (χ3n) is 6.02. The highest BCUT2D eigenvalue weighted by atomic mass is 32.1. The predicted molar refractivity (Wildman–Crippen MR) is 159 cm³/mol. The fourth-order valence-electron chi connectivity index (χ4n) is 3.95. The number of hydrogen-bond donors (Lipinski definition) is 2. The third kappa shape index (κ3) is 5.85. The molecule has 0 aliphatic rings. The van der Waals surface area contributed by atoms with Crippen molar-refractivity contribution in [1.82, 2.24) is 14.3 Å². The van der Waals surface area contributed by atoms with Gasteiger partial charge in [0.15, 0.2) is 10.1 Å². The Bertz CT molecular complexity index is 1850. The first-order chi connectivity index (χ1) is 20.0. The zero-order valence-corrected chi connectivity index (χ0v) is 22.8. The molecule has 0 atom stereocenters. The summed E-state index contributed by atoms with van der Waals surface area (Å²) in [5, 5.41) is 25.2. The summed E-state index contributed by atoms with van der Waals surface area (Å²) in [6.45, 7) is 1.81. The van der Waals surface area contributed by atoms with Crippen molar-refractivity contribution >= 4 is 44.5 Å². The van der Waals surface area contributed by atoms with Crippen LogP contribution in [0.4, 0.5) is 21.5 Å². The summed E-state index contributed by atoms with van der Waals surface area (Å²) < 4.78 is 3.27. The zero-order chi connectivity index (χ0) is 28.8. The first kappa shape index (κ1) is 26.9. The molecule has 0 aliphatic heterocycles. The lowest BCUT2D eigenvalue weighted by molar-refractivity contribution is -0.110. The fraction of sp³-hybridized carbons (Fsp3) is 0.0690. The number of amides is 1. The summed E-state index contributed by atoms with van der Waals surface area (Å²) in [5.74, 6) is -0.769. The lowest BCUT2D eigenvalue weighted by atomic mass is 10.2. The van der Waals surface area contributed by atoms with Crippen LogP contribution in [0.25, 0.3) is 16.9 Å². The van der Waals surface area contributed by atoms with Crippen molar-refractivity contribution in [2.45, 2.75) is 6.92 Å². The van der Waals surface area contributed by atoms with Crippen LogP contribution in [0, 0.1) is 18.3 Å². The molecule has 5 aromatic rings. The molecule has 0 spiro atoms. The standard InChI is InChI=1S/C29H23N9O2S/c1-19-24(28(40)38(37(19)2)22-16-10-5-11-17-22)25-27(36-34-21-14-8-4-9-15-21)41-29(31-25)32-26(39)23(18-30)35-33-20-12-6-3-7-13-20/h3-17,33H,1-2H3,(H,31,32,39)/b35-23+,36-34?. The smallest absolute Gasteiger partial charge is 0.288 e. The summed E-state index contributed by atoms with van der Waals surface area (Å²) in [7, 11) is 1.78. The Balaban J connectivity index is 1.54. The molecule has 0 unspecified atom stereocenters. The van der Waals surface area contributed by atoms with Gasteiger partial charge in [0.2, 0.25) is 5.71 Å². The van der Waals surface area contributed by atoms with E-state index in [0.717, 1.165) is 11.3 Å². The van der Waals surface area contributed by atoms with Gasteiger partial charge in [0.05, 0.1) is 22.6 Å². The molecule has 11 nitrogen and oxygen atoms in total. The maximum absolute atomic E-state index is 13.7. The Hall–Kier alpha value is -5.67. The Morgan fingerprint density at radius 2 is 1.59 bits per heavy atom. The van der Waals surface area contributed by atoms with Crippen LogP contribution in [-0.2, 0) is 11.8 Å². The molecule has 12 heteroatoms. The highest BCUT2D eigenvalue weighted by Crippen LogP contribution is 2.39. The van der Waals surface area contributed by atoms with E-state index in [1.165, 1.54) is 4.68 Å². The van der Waals surface area contributed by atoms with Gasteiger partial charge in [-0.2, -0.15) is 10.4 Å². The summed E-state index contributed by atoms with van der Waals surface area (Å²) in [6.07, 6.45) is 0. The van der Waals surface area contributed by atoms with Gasteiger partial charge in [-0.1, -0.05) is 65.9 Å². The molecule has 1 amide bonds. The van der Waals surface area contributed by atoms with Gasteiger partial charge in [-0.05, 0) is 43.3 Å². The second-order valence-corrected chi connectivity index (χ2v) is 9.63. The molecular weight excluding hydrogens is 538 g/mol. The van der Waals surface area contributed by atoms with Gasteiger partial charge in [-0.3, -0.25) is 25.0 Å². The number of rotatable bonds is 8. The summed E-state index contributed by atoms with van der Waals surface area (Å²) >= 11 is 1.03. The normalized spacial score (nSPS) is 11.4. The van der Waals surface area contributed by atoms with Crippen molar-refractivity contribution in [1.29, 1.82) is 5.26 Å². The molecule has 41 heavy (non-hydrogen) atoms. The first-order valence-electron chi connectivity index (χ1n) is 12.4. The van der Waals surface area contributed by atoms with Gasteiger partial charge in [0, 0.05) is 12.7 Å². The Kier molecular flexibility index (Phi) is 7.89. The highest BCUT2D eigenvalue weighted by molar-refractivity contribution is 7.20. The van der Waals surface area contributed by atoms with Crippen LogP contribution in [0.15, 0.2) is 111 Å². The van der Waals surface area contributed by atoms with Gasteiger partial charge in [0.1, 0.15) is 11.8 Å². The van der Waals surface area contributed by atoms with Gasteiger partial charge in [0.25, 0.3) is 11.5 Å². The maximum Gasteiger partial charge on any atom is 0.288 e. The number of hydrazone groups is 1. The monoisotopic (exact) mass is 561 g/mol. The Morgan fingerprint density at radius 1 is 0.951 bits per heavy atom.